The van der Waals surface area contributed by atoms with Gasteiger partial charge in [-0.1, -0.05) is 15.9 Å². The van der Waals surface area contributed by atoms with Crippen molar-refractivity contribution in [2.45, 2.75) is 26.3 Å². The van der Waals surface area contributed by atoms with Gasteiger partial charge in [-0.05, 0) is 50.1 Å². The van der Waals surface area contributed by atoms with Gasteiger partial charge in [-0.2, -0.15) is 0 Å². The van der Waals surface area contributed by atoms with Gasteiger partial charge in [-0.15, -0.1) is 12.4 Å². The zero-order chi connectivity index (χ0) is 13.9. The first-order valence-corrected chi connectivity index (χ1v) is 7.23. The van der Waals surface area contributed by atoms with Crippen LogP contribution in [0.2, 0.25) is 0 Å². The molecule has 1 fully saturated rings. The molecule has 0 aromatic heterocycles. The fourth-order valence-electron chi connectivity index (χ4n) is 2.32. The minimum absolute atomic E-state index is 0. The second-order valence-corrected chi connectivity index (χ2v) is 6.11. The molecule has 1 amide bonds. The van der Waals surface area contributed by atoms with E-state index in [9.17, 15) is 9.18 Å². The zero-order valence-corrected chi connectivity index (χ0v) is 13.7. The summed E-state index contributed by atoms with van der Waals surface area (Å²) in [5.41, 5.74) is 0.388. The highest BCUT2D eigenvalue weighted by molar-refractivity contribution is 9.10. The number of rotatable bonds is 3. The molecule has 0 radical (unpaired) electrons. The summed E-state index contributed by atoms with van der Waals surface area (Å²) in [4.78, 5) is 12.2. The van der Waals surface area contributed by atoms with E-state index in [2.05, 4.69) is 26.6 Å². The number of hydrogen-bond donors (Lipinski definition) is 2. The van der Waals surface area contributed by atoms with E-state index in [-0.39, 0.29) is 29.5 Å². The largest absolute Gasteiger partial charge is 0.351 e. The van der Waals surface area contributed by atoms with Crippen molar-refractivity contribution < 1.29 is 9.18 Å². The normalized spacial score (nSPS) is 21.9. The molecule has 1 aliphatic heterocycles. The number of piperidine rings is 1. The van der Waals surface area contributed by atoms with Crippen LogP contribution in [0.3, 0.4) is 0 Å². The smallest absolute Gasteiger partial charge is 0.227 e. The average Bonchev–Trinajstić information content (AvgIpc) is 2.40. The number of benzene rings is 1. The molecule has 0 spiro atoms. The Morgan fingerprint density at radius 2 is 2.30 bits per heavy atom. The molecular weight excluding hydrogens is 347 g/mol. The molecule has 2 N–H and O–H groups in total. The topological polar surface area (TPSA) is 41.1 Å². The fraction of sp³-hybridized carbons (Fsp3) is 0.500. The van der Waals surface area contributed by atoms with Gasteiger partial charge in [0.05, 0.1) is 5.41 Å². The van der Waals surface area contributed by atoms with Crippen LogP contribution in [-0.4, -0.2) is 19.0 Å². The van der Waals surface area contributed by atoms with Crippen LogP contribution in [0.1, 0.15) is 25.3 Å². The lowest BCUT2D eigenvalue weighted by atomic mass is 9.82. The van der Waals surface area contributed by atoms with E-state index in [1.54, 1.807) is 6.07 Å². The maximum Gasteiger partial charge on any atom is 0.227 e. The van der Waals surface area contributed by atoms with Crippen molar-refractivity contribution in [3.8, 4) is 0 Å². The van der Waals surface area contributed by atoms with Crippen LogP contribution in [0.25, 0.3) is 0 Å². The molecule has 1 atom stereocenters. The standard InChI is InChI=1S/C14H18BrFN2O.ClH/c1-14(5-2-6-17-9-14)13(19)18-8-10-7-11(16)3-4-12(10)15;/h3-4,7,17H,2,5-6,8-9H2,1H3,(H,18,19);1H. The lowest BCUT2D eigenvalue weighted by molar-refractivity contribution is -0.131. The highest BCUT2D eigenvalue weighted by atomic mass is 79.9. The average molecular weight is 366 g/mol. The van der Waals surface area contributed by atoms with Gasteiger partial charge >= 0.3 is 0 Å². The van der Waals surface area contributed by atoms with Crippen molar-refractivity contribution in [1.82, 2.24) is 10.6 Å². The SMILES string of the molecule is CC1(C(=O)NCc2cc(F)ccc2Br)CCCNC1.Cl. The maximum absolute atomic E-state index is 13.2. The van der Waals surface area contributed by atoms with Gasteiger partial charge in [0.1, 0.15) is 5.82 Å². The van der Waals surface area contributed by atoms with Crippen molar-refractivity contribution in [2.75, 3.05) is 13.1 Å². The highest BCUT2D eigenvalue weighted by Crippen LogP contribution is 2.26. The van der Waals surface area contributed by atoms with E-state index in [0.29, 0.717) is 13.1 Å². The predicted molar refractivity (Wildman–Crippen MR) is 83.4 cm³/mol. The van der Waals surface area contributed by atoms with Crippen LogP contribution >= 0.6 is 28.3 Å². The molecule has 1 unspecified atom stereocenters. The number of carbonyl (C=O) groups excluding carboxylic acids is 1. The third kappa shape index (κ3) is 4.17. The molecule has 1 aliphatic rings. The lowest BCUT2D eigenvalue weighted by Gasteiger charge is -2.32. The van der Waals surface area contributed by atoms with Gasteiger partial charge < -0.3 is 10.6 Å². The molecule has 0 saturated carbocycles. The van der Waals surface area contributed by atoms with E-state index in [1.165, 1.54) is 12.1 Å². The van der Waals surface area contributed by atoms with E-state index in [1.807, 2.05) is 6.92 Å². The monoisotopic (exact) mass is 364 g/mol. The molecule has 20 heavy (non-hydrogen) atoms. The van der Waals surface area contributed by atoms with Gasteiger partial charge in [0.15, 0.2) is 0 Å². The predicted octanol–water partition coefficient (Wildman–Crippen LogP) is 3.02. The molecule has 1 aromatic carbocycles. The quantitative estimate of drug-likeness (QED) is 0.864. The lowest BCUT2D eigenvalue weighted by Crippen LogP contribution is -2.48. The molecule has 0 bridgehead atoms. The van der Waals surface area contributed by atoms with Crippen LogP contribution in [0.4, 0.5) is 4.39 Å². The zero-order valence-electron chi connectivity index (χ0n) is 11.3. The Labute approximate surface area is 133 Å². The van der Waals surface area contributed by atoms with Crippen molar-refractivity contribution in [2.24, 2.45) is 5.41 Å². The Hall–Kier alpha value is -0.650. The molecule has 1 saturated heterocycles. The van der Waals surface area contributed by atoms with Gasteiger partial charge in [0.25, 0.3) is 0 Å². The van der Waals surface area contributed by atoms with Crippen LogP contribution in [-0.2, 0) is 11.3 Å². The van der Waals surface area contributed by atoms with Crippen LogP contribution in [0.15, 0.2) is 22.7 Å². The molecule has 1 heterocycles. The third-order valence-electron chi connectivity index (χ3n) is 3.59. The van der Waals surface area contributed by atoms with E-state index < -0.39 is 0 Å². The number of hydrogen-bond acceptors (Lipinski definition) is 2. The minimum atomic E-state index is -0.363. The van der Waals surface area contributed by atoms with Crippen molar-refractivity contribution in [3.05, 3.63) is 34.1 Å². The van der Waals surface area contributed by atoms with E-state index in [0.717, 1.165) is 29.4 Å². The second-order valence-electron chi connectivity index (χ2n) is 5.26. The summed E-state index contributed by atoms with van der Waals surface area (Å²) < 4.78 is 14.0. The van der Waals surface area contributed by atoms with Crippen LogP contribution < -0.4 is 10.6 Å². The Bertz CT molecular complexity index is 478. The fourth-order valence-corrected chi connectivity index (χ4v) is 2.70. The Balaban J connectivity index is 0.00000200. The van der Waals surface area contributed by atoms with Crippen LogP contribution in [0.5, 0.6) is 0 Å². The number of carbonyl (C=O) groups is 1. The first-order valence-electron chi connectivity index (χ1n) is 6.44. The maximum atomic E-state index is 13.2. The Kier molecular flexibility index (Phi) is 6.43. The first kappa shape index (κ1) is 17.4. The summed E-state index contributed by atoms with van der Waals surface area (Å²) in [5.74, 6) is -0.270. The third-order valence-corrected chi connectivity index (χ3v) is 4.37. The van der Waals surface area contributed by atoms with Gasteiger partial charge in [0, 0.05) is 17.6 Å². The summed E-state index contributed by atoms with van der Waals surface area (Å²) >= 11 is 3.36. The molecule has 2 rings (SSSR count). The van der Waals surface area contributed by atoms with Gasteiger partial charge in [-0.25, -0.2) is 4.39 Å². The van der Waals surface area contributed by atoms with Gasteiger partial charge in [0.2, 0.25) is 5.91 Å². The number of amides is 1. The summed E-state index contributed by atoms with van der Waals surface area (Å²) in [5, 5.41) is 6.15. The Morgan fingerprint density at radius 3 is 2.95 bits per heavy atom. The Morgan fingerprint density at radius 1 is 1.55 bits per heavy atom. The molecule has 0 aliphatic carbocycles. The van der Waals surface area contributed by atoms with E-state index >= 15 is 0 Å². The summed E-state index contributed by atoms with van der Waals surface area (Å²) in [6, 6.07) is 4.48. The van der Waals surface area contributed by atoms with Crippen molar-refractivity contribution in [1.29, 1.82) is 0 Å². The number of nitrogens with one attached hydrogen (secondary N) is 2. The van der Waals surface area contributed by atoms with E-state index in [4.69, 9.17) is 0 Å². The molecule has 3 nitrogen and oxygen atoms in total. The molecule has 6 heteroatoms. The molecule has 1 aromatic rings. The summed E-state index contributed by atoms with van der Waals surface area (Å²) in [7, 11) is 0. The second kappa shape index (κ2) is 7.38. The minimum Gasteiger partial charge on any atom is -0.351 e. The molecular formula is C14H19BrClFN2O. The van der Waals surface area contributed by atoms with Crippen LogP contribution in [0, 0.1) is 11.2 Å². The highest BCUT2D eigenvalue weighted by Gasteiger charge is 2.34. The van der Waals surface area contributed by atoms with Gasteiger partial charge in [-0.3, -0.25) is 4.79 Å². The van der Waals surface area contributed by atoms with Crippen molar-refractivity contribution in [3.63, 3.8) is 0 Å². The summed E-state index contributed by atoms with van der Waals surface area (Å²) in [6.45, 7) is 3.98. The molecule has 112 valence electrons. The summed E-state index contributed by atoms with van der Waals surface area (Å²) in [6.07, 6.45) is 1.89. The number of halogens is 3. The first-order chi connectivity index (χ1) is 9.01. The van der Waals surface area contributed by atoms with Crippen molar-refractivity contribution >= 4 is 34.2 Å².